The molecule has 12 rings (SSSR count). The van der Waals surface area contributed by atoms with Crippen LogP contribution in [0.1, 0.15) is 113 Å². The van der Waals surface area contributed by atoms with Gasteiger partial charge in [-0.1, -0.05) is 60.1 Å². The Bertz CT molecular complexity index is 3080. The highest BCUT2D eigenvalue weighted by atomic mass is 17.2. The van der Waals surface area contributed by atoms with Crippen molar-refractivity contribution in [3.63, 3.8) is 0 Å². The molecule has 4 saturated carbocycles. The van der Waals surface area contributed by atoms with Crippen molar-refractivity contribution in [2.24, 2.45) is 50.2 Å². The molecule has 0 spiro atoms. The first-order chi connectivity index (χ1) is 51.2. The molecule has 7 heterocycles. The largest absolute Gasteiger partial charge is 0.432 e. The van der Waals surface area contributed by atoms with Crippen LogP contribution < -0.4 is 0 Å². The van der Waals surface area contributed by atoms with E-state index in [0.29, 0.717) is 44.9 Å². The quantitative estimate of drug-likeness (QED) is 0.0177. The van der Waals surface area contributed by atoms with Gasteiger partial charge in [0, 0.05) is 0 Å². The molecule has 5 aliphatic carbocycles. The van der Waals surface area contributed by atoms with E-state index < -0.39 is 294 Å². The Hall–Kier alpha value is -2.23. The second-order valence-corrected chi connectivity index (χ2v) is 34.4. The normalized spacial score (nSPS) is 54.1. The molecule has 0 amide bonds. The molecule has 0 aromatic carbocycles. The molecule has 43 atom stereocenters. The van der Waals surface area contributed by atoms with E-state index in [1.807, 2.05) is 0 Å². The molecule has 0 unspecified atom stereocenters. The minimum atomic E-state index is -2.09. The summed E-state index contributed by atoms with van der Waals surface area (Å²) in [6.45, 7) is 11.8. The number of hydrogen-bond donors (Lipinski definition) is 22. The van der Waals surface area contributed by atoms with E-state index >= 15 is 4.79 Å². The van der Waals surface area contributed by atoms with Crippen molar-refractivity contribution in [2.45, 2.75) is 334 Å². The van der Waals surface area contributed by atoms with Crippen LogP contribution in [0, 0.1) is 50.2 Å². The van der Waals surface area contributed by atoms with Crippen molar-refractivity contribution in [3.05, 3.63) is 11.6 Å². The Balaban J connectivity index is 0.686. The third kappa shape index (κ3) is 15.2. The summed E-state index contributed by atoms with van der Waals surface area (Å²) < 4.78 is 75.9. The fraction of sp³-hybridized carbons (Fsp3) is 0.958. The summed E-state index contributed by atoms with van der Waals surface area (Å²) in [7, 11) is 0. The highest BCUT2D eigenvalue weighted by Crippen LogP contribution is 2.76. The van der Waals surface area contributed by atoms with Crippen LogP contribution in [0.2, 0.25) is 0 Å². The first-order valence-electron chi connectivity index (χ1n) is 37.9. The van der Waals surface area contributed by atoms with E-state index in [1.165, 1.54) is 6.92 Å². The fourth-order valence-electron chi connectivity index (χ4n) is 20.6. The Labute approximate surface area is 628 Å². The van der Waals surface area contributed by atoms with Crippen LogP contribution in [0.15, 0.2) is 11.6 Å². The fourth-order valence-corrected chi connectivity index (χ4v) is 20.6. The summed E-state index contributed by atoms with van der Waals surface area (Å²) in [5.41, 5.74) is -3.09. The monoisotopic (exact) mass is 1580 g/mol. The molecule has 7 aliphatic heterocycles. The molecule has 0 bridgehead atoms. The van der Waals surface area contributed by atoms with Crippen molar-refractivity contribution in [1.29, 1.82) is 0 Å². The van der Waals surface area contributed by atoms with E-state index in [9.17, 15) is 112 Å². The maximum absolute atomic E-state index is 15.4. The van der Waals surface area contributed by atoms with Crippen molar-refractivity contribution >= 4 is 5.97 Å². The molecular weight excluding hydrogens is 1460 g/mol. The SMILES string of the molecule is C[C@@H]1O[C@@H](O[C@H]2[C@H](O)[C@@H](O)[C@H](O[C@@H]3[C@@H](O)[C@H](OOC[C@H]4O[C@@H](OC(=O)[C@]56CCC(C)(C)C[C@H]5C5=CC[C@@H]7[C@@]8(C)CC[C@H](O[C@@H]9OC[C@@H](O)[C@@H](O[C@@H]%10O[C@H](CO)[C@@H](O[C@@H]%11O[C@H](CO)[C@@H](O)[C@H](O)[C@H]%11O)[C@H](O)[C@H]%10O)[C@@H]9O)C(C)(C)[C@@H]8CC[C@@]7(C)[C@]5(C)C[C@H]6O)[C@H](O)[C@@H](O)[C@@H]4O)O[C@H](CO)[C@H]3O)O[C@@H]2CO)[C@H](O)[C@H](O)[C@H]1O. The number of carbonyl (C=O) groups is 1. The molecule has 38 nitrogen and oxygen atoms in total. The summed E-state index contributed by atoms with van der Waals surface area (Å²) >= 11 is 0. The predicted octanol–water partition coefficient (Wildman–Crippen LogP) is -7.99. The van der Waals surface area contributed by atoms with Gasteiger partial charge in [0.15, 0.2) is 31.5 Å². The van der Waals surface area contributed by atoms with E-state index in [2.05, 4.69) is 54.5 Å². The Morgan fingerprint density at radius 3 is 1.52 bits per heavy atom. The van der Waals surface area contributed by atoms with Crippen LogP contribution in [-0.4, -0.2) is 379 Å². The van der Waals surface area contributed by atoms with Crippen LogP contribution in [0.4, 0.5) is 0 Å². The highest BCUT2D eigenvalue weighted by molar-refractivity contribution is 5.80. The zero-order chi connectivity index (χ0) is 79.6. The van der Waals surface area contributed by atoms with Gasteiger partial charge in [-0.25, -0.2) is 9.78 Å². The number of rotatable bonds is 20. The molecule has 0 radical (unpaired) electrons. The van der Waals surface area contributed by atoms with Crippen molar-refractivity contribution in [2.75, 3.05) is 39.6 Å². The third-order valence-electron chi connectivity index (χ3n) is 27.3. The van der Waals surface area contributed by atoms with Crippen LogP contribution >= 0.6 is 0 Å². The first-order valence-corrected chi connectivity index (χ1v) is 37.9. The Morgan fingerprint density at radius 1 is 0.450 bits per heavy atom. The van der Waals surface area contributed by atoms with Crippen LogP contribution in [0.3, 0.4) is 0 Å². The van der Waals surface area contributed by atoms with E-state index in [0.717, 1.165) is 5.57 Å². The summed E-state index contributed by atoms with van der Waals surface area (Å²) in [6.07, 6.45) is -55.3. The Morgan fingerprint density at radius 2 is 0.936 bits per heavy atom. The molecule has 38 heteroatoms. The van der Waals surface area contributed by atoms with Crippen molar-refractivity contribution < 1.29 is 188 Å². The van der Waals surface area contributed by atoms with Gasteiger partial charge in [-0.3, -0.25) is 4.79 Å². The average molecular weight is 1580 g/mol. The number of aliphatic hydroxyl groups excluding tert-OH is 22. The summed E-state index contributed by atoms with van der Waals surface area (Å²) in [5, 5.41) is 241. The number of esters is 1. The summed E-state index contributed by atoms with van der Waals surface area (Å²) in [5.74, 6) is -1.50. The maximum Gasteiger partial charge on any atom is 0.317 e. The predicted molar refractivity (Wildman–Crippen MR) is 356 cm³/mol. The average Bonchev–Trinajstić information content (AvgIpc) is 0.671. The van der Waals surface area contributed by atoms with Gasteiger partial charge in [-0.2, -0.15) is 0 Å². The lowest BCUT2D eigenvalue weighted by Crippen LogP contribution is -2.68. The molecule has 11 fully saturated rings. The van der Waals surface area contributed by atoms with Gasteiger partial charge in [-0.05, 0) is 110 Å². The molecule has 0 aromatic rings. The van der Waals surface area contributed by atoms with Crippen LogP contribution in [0.25, 0.3) is 0 Å². The molecule has 0 aromatic heterocycles. The van der Waals surface area contributed by atoms with E-state index in [4.69, 9.17) is 71.4 Å². The van der Waals surface area contributed by atoms with Gasteiger partial charge in [0.25, 0.3) is 0 Å². The number of aliphatic hydroxyl groups is 22. The lowest BCUT2D eigenvalue weighted by atomic mass is 9.33. The van der Waals surface area contributed by atoms with Gasteiger partial charge in [0.1, 0.15) is 171 Å². The lowest BCUT2D eigenvalue weighted by Gasteiger charge is -2.71. The van der Waals surface area contributed by atoms with Gasteiger partial charge >= 0.3 is 5.97 Å². The molecule has 109 heavy (non-hydrogen) atoms. The van der Waals surface area contributed by atoms with Gasteiger partial charge in [0.2, 0.25) is 12.6 Å². The standard InChI is InChI=1S/C71H116O38/c1-25-38(78)42(82)47(87)59(97-25)105-55-31(21-74)101-62(51(91)46(55)86)107-57-41(81)30(20-73)99-64(53(57)93)109-96-24-33-40(80)44(84)49(89)63(102-33)108-65(94)71-16-15-66(2,3)17-27(71)26-9-10-35-68(6)13-12-37(67(4,5)34(68)11-14-69(35,7)70(26,8)18-36(71)77)103-58-52(92)54(28(76)23-95-58)104-61-50(90)45(85)56(32(22-75)100-61)106-60-48(88)43(83)39(79)29(19-72)98-60/h9,25,27-64,72-93H,10-24H2,1-8H3/t25-,27-,28+,29+,30+,31+,32+,33+,34-,35+,36+,37-,38-,39+,40+,41+,42+,43-,44-,45+,46+,47+,48+,49+,50+,51+,52-,53+,54+,55+,56+,57-,58-,59-,60-,61-,62-,63-,64-,68-,69+,70+,71+/m0/s1. The number of hydrogen-bond acceptors (Lipinski definition) is 38. The van der Waals surface area contributed by atoms with Gasteiger partial charge in [0.05, 0.1) is 51.3 Å². The van der Waals surface area contributed by atoms with Crippen molar-refractivity contribution in [1.82, 2.24) is 0 Å². The molecule has 7 saturated heterocycles. The zero-order valence-corrected chi connectivity index (χ0v) is 62.1. The molecular formula is C71H116O38. The topological polar surface area (TPSA) is 601 Å². The second kappa shape index (κ2) is 32.9. The van der Waals surface area contributed by atoms with Gasteiger partial charge in [-0.15, -0.1) is 0 Å². The smallest absolute Gasteiger partial charge is 0.317 e. The van der Waals surface area contributed by atoms with E-state index in [1.54, 1.807) is 0 Å². The van der Waals surface area contributed by atoms with Gasteiger partial charge < -0.3 is 174 Å². The number of carbonyl (C=O) groups excluding carboxylic acids is 1. The summed E-state index contributed by atoms with van der Waals surface area (Å²) in [4.78, 5) is 26.2. The number of allylic oxidation sites excluding steroid dienone is 2. The molecule has 628 valence electrons. The van der Waals surface area contributed by atoms with Crippen LogP contribution in [-0.2, 0) is 76.1 Å². The number of ether oxygens (including phenoxy) is 13. The molecule has 22 N–H and O–H groups in total. The molecule has 12 aliphatic rings. The second-order valence-electron chi connectivity index (χ2n) is 34.4. The minimum Gasteiger partial charge on any atom is -0.432 e. The number of fused-ring (bicyclic) bond motifs is 7. The summed E-state index contributed by atoms with van der Waals surface area (Å²) in [6, 6.07) is 0. The zero-order valence-electron chi connectivity index (χ0n) is 62.1. The third-order valence-corrected chi connectivity index (χ3v) is 27.3. The highest BCUT2D eigenvalue weighted by Gasteiger charge is 2.73. The minimum absolute atomic E-state index is 0.00418. The Kier molecular flexibility index (Phi) is 26.0. The first kappa shape index (κ1) is 86.1. The maximum atomic E-state index is 15.4. The van der Waals surface area contributed by atoms with Crippen molar-refractivity contribution in [3.8, 4) is 0 Å². The van der Waals surface area contributed by atoms with E-state index in [-0.39, 0.29) is 35.5 Å². The lowest BCUT2D eigenvalue weighted by molar-refractivity contribution is -0.443. The van der Waals surface area contributed by atoms with Crippen LogP contribution in [0.5, 0.6) is 0 Å².